The van der Waals surface area contributed by atoms with Crippen molar-refractivity contribution in [3.63, 3.8) is 0 Å². The molecule has 24 heavy (non-hydrogen) atoms. The first-order valence-electron chi connectivity index (χ1n) is 7.93. The first-order valence-corrected chi connectivity index (χ1v) is 9.15. The third-order valence-electron chi connectivity index (χ3n) is 3.92. The van der Waals surface area contributed by atoms with Gasteiger partial charge in [0.25, 0.3) is 5.91 Å². The van der Waals surface area contributed by atoms with Crippen LogP contribution in [-0.2, 0) is 11.3 Å². The molecule has 3 heterocycles. The number of aromatic nitrogens is 3. The Hall–Kier alpha value is -1.99. The summed E-state index contributed by atoms with van der Waals surface area (Å²) in [5.74, 6) is -0.0335. The standard InChI is InChI=1S/C17H20N4O2S/c1-24-17-19-9-13(10-20-17)16(22)21-8-4-6-15(11-21)23-12-14-5-2-3-7-18-14/h2-3,5,7,9-10,15H,4,6,8,11-12H2,1H3/t15-/m0/s1. The normalized spacial score (nSPS) is 17.7. The largest absolute Gasteiger partial charge is 0.370 e. The molecule has 2 aromatic rings. The summed E-state index contributed by atoms with van der Waals surface area (Å²) in [5, 5.41) is 0.668. The second kappa shape index (κ2) is 8.21. The van der Waals surface area contributed by atoms with Crippen LogP contribution in [0.2, 0.25) is 0 Å². The van der Waals surface area contributed by atoms with Crippen molar-refractivity contribution in [1.29, 1.82) is 0 Å². The Labute approximate surface area is 145 Å². The van der Waals surface area contributed by atoms with Gasteiger partial charge in [0, 0.05) is 31.7 Å². The van der Waals surface area contributed by atoms with E-state index in [2.05, 4.69) is 15.0 Å². The summed E-state index contributed by atoms with van der Waals surface area (Å²) in [5.41, 5.74) is 1.43. The molecule has 0 radical (unpaired) electrons. The van der Waals surface area contributed by atoms with Crippen molar-refractivity contribution in [3.8, 4) is 0 Å². The van der Waals surface area contributed by atoms with Gasteiger partial charge in [-0.2, -0.15) is 0 Å². The van der Waals surface area contributed by atoms with E-state index in [-0.39, 0.29) is 12.0 Å². The van der Waals surface area contributed by atoms with Crippen molar-refractivity contribution in [2.75, 3.05) is 19.3 Å². The van der Waals surface area contributed by atoms with Gasteiger partial charge in [-0.05, 0) is 31.2 Å². The Morgan fingerprint density at radius 3 is 2.88 bits per heavy atom. The van der Waals surface area contributed by atoms with Gasteiger partial charge in [-0.15, -0.1) is 0 Å². The van der Waals surface area contributed by atoms with Crippen molar-refractivity contribution < 1.29 is 9.53 Å². The summed E-state index contributed by atoms with van der Waals surface area (Å²) >= 11 is 1.46. The van der Waals surface area contributed by atoms with Crippen LogP contribution in [-0.4, -0.2) is 51.2 Å². The quantitative estimate of drug-likeness (QED) is 0.613. The van der Waals surface area contributed by atoms with Crippen molar-refractivity contribution in [2.24, 2.45) is 0 Å². The molecule has 6 nitrogen and oxygen atoms in total. The fourth-order valence-electron chi connectivity index (χ4n) is 2.66. The molecule has 3 rings (SSSR count). The molecule has 126 valence electrons. The molecule has 0 spiro atoms. The van der Waals surface area contributed by atoms with Gasteiger partial charge in [-0.3, -0.25) is 9.78 Å². The monoisotopic (exact) mass is 344 g/mol. The van der Waals surface area contributed by atoms with E-state index in [4.69, 9.17) is 4.74 Å². The van der Waals surface area contributed by atoms with Crippen LogP contribution >= 0.6 is 11.8 Å². The van der Waals surface area contributed by atoms with Crippen LogP contribution in [0.25, 0.3) is 0 Å². The second-order valence-corrected chi connectivity index (χ2v) is 6.38. The lowest BCUT2D eigenvalue weighted by atomic mass is 10.1. The fraction of sp³-hybridized carbons (Fsp3) is 0.412. The van der Waals surface area contributed by atoms with Gasteiger partial charge < -0.3 is 9.64 Å². The summed E-state index contributed by atoms with van der Waals surface area (Å²) < 4.78 is 5.93. The lowest BCUT2D eigenvalue weighted by Gasteiger charge is -2.32. The van der Waals surface area contributed by atoms with E-state index in [9.17, 15) is 4.79 Å². The van der Waals surface area contributed by atoms with Gasteiger partial charge in [0.15, 0.2) is 5.16 Å². The van der Waals surface area contributed by atoms with E-state index in [1.807, 2.05) is 29.4 Å². The number of hydrogen-bond donors (Lipinski definition) is 0. The summed E-state index contributed by atoms with van der Waals surface area (Å²) in [4.78, 5) is 27.0. The molecule has 0 bridgehead atoms. The van der Waals surface area contributed by atoms with E-state index in [0.717, 1.165) is 25.1 Å². The highest BCUT2D eigenvalue weighted by atomic mass is 32.2. The predicted molar refractivity (Wildman–Crippen MR) is 91.8 cm³/mol. The summed E-state index contributed by atoms with van der Waals surface area (Å²) in [6.45, 7) is 1.81. The topological polar surface area (TPSA) is 68.2 Å². The first kappa shape index (κ1) is 16.9. The van der Waals surface area contributed by atoms with Crippen LogP contribution in [0.4, 0.5) is 0 Å². The average Bonchev–Trinajstić information content (AvgIpc) is 2.67. The number of ether oxygens (including phenoxy) is 1. The van der Waals surface area contributed by atoms with Crippen LogP contribution < -0.4 is 0 Å². The number of piperidine rings is 1. The Morgan fingerprint density at radius 2 is 2.17 bits per heavy atom. The number of likely N-dealkylation sites (tertiary alicyclic amines) is 1. The average molecular weight is 344 g/mol. The molecule has 1 aliphatic heterocycles. The van der Waals surface area contributed by atoms with Gasteiger partial charge in [-0.1, -0.05) is 17.8 Å². The maximum Gasteiger partial charge on any atom is 0.257 e. The zero-order valence-corrected chi connectivity index (χ0v) is 14.4. The SMILES string of the molecule is CSc1ncc(C(=O)N2CCC[C@H](OCc3ccccn3)C2)cn1. The molecule has 0 saturated carbocycles. The minimum atomic E-state index is -0.0335. The molecular weight excluding hydrogens is 324 g/mol. The minimum absolute atomic E-state index is 0.0335. The molecule has 1 fully saturated rings. The van der Waals surface area contributed by atoms with Gasteiger partial charge in [0.2, 0.25) is 0 Å². The highest BCUT2D eigenvalue weighted by molar-refractivity contribution is 7.98. The molecule has 0 unspecified atom stereocenters. The van der Waals surface area contributed by atoms with Gasteiger partial charge >= 0.3 is 0 Å². The number of hydrogen-bond acceptors (Lipinski definition) is 6. The van der Waals surface area contributed by atoms with Crippen molar-refractivity contribution in [1.82, 2.24) is 19.9 Å². The highest BCUT2D eigenvalue weighted by Gasteiger charge is 2.25. The van der Waals surface area contributed by atoms with Gasteiger partial charge in [-0.25, -0.2) is 9.97 Å². The number of pyridine rings is 1. The summed E-state index contributed by atoms with van der Waals surface area (Å²) in [7, 11) is 0. The molecule has 1 saturated heterocycles. The number of nitrogens with zero attached hydrogens (tertiary/aromatic N) is 4. The summed E-state index contributed by atoms with van der Waals surface area (Å²) in [6, 6.07) is 5.77. The van der Waals surface area contributed by atoms with Crippen molar-refractivity contribution in [3.05, 3.63) is 48.0 Å². The lowest BCUT2D eigenvalue weighted by Crippen LogP contribution is -2.43. The molecule has 1 amide bonds. The Morgan fingerprint density at radius 1 is 1.33 bits per heavy atom. The molecule has 0 aliphatic carbocycles. The van der Waals surface area contributed by atoms with Gasteiger partial charge in [0.1, 0.15) is 0 Å². The third kappa shape index (κ3) is 4.30. The number of rotatable bonds is 5. The van der Waals surface area contributed by atoms with Crippen molar-refractivity contribution >= 4 is 17.7 Å². The number of amides is 1. The zero-order chi connectivity index (χ0) is 16.8. The van der Waals surface area contributed by atoms with E-state index in [1.54, 1.807) is 18.6 Å². The molecule has 0 aromatic carbocycles. The lowest BCUT2D eigenvalue weighted by molar-refractivity contribution is -0.00788. The van der Waals surface area contributed by atoms with Crippen LogP contribution in [0, 0.1) is 0 Å². The predicted octanol–water partition coefficient (Wildman–Crippen LogP) is 2.41. The Kier molecular flexibility index (Phi) is 5.77. The number of carbonyl (C=O) groups is 1. The highest BCUT2D eigenvalue weighted by Crippen LogP contribution is 2.17. The van der Waals surface area contributed by atoms with Crippen LogP contribution in [0.5, 0.6) is 0 Å². The third-order valence-corrected chi connectivity index (χ3v) is 4.49. The smallest absolute Gasteiger partial charge is 0.257 e. The maximum atomic E-state index is 12.6. The first-order chi connectivity index (χ1) is 11.8. The van der Waals surface area contributed by atoms with E-state index in [1.165, 1.54) is 11.8 Å². The van der Waals surface area contributed by atoms with Gasteiger partial charge in [0.05, 0.1) is 24.0 Å². The van der Waals surface area contributed by atoms with E-state index in [0.29, 0.717) is 23.9 Å². The molecular formula is C17H20N4O2S. The van der Waals surface area contributed by atoms with Crippen LogP contribution in [0.3, 0.4) is 0 Å². The minimum Gasteiger partial charge on any atom is -0.370 e. The molecule has 7 heteroatoms. The fourth-order valence-corrected chi connectivity index (χ4v) is 2.98. The Bertz CT molecular complexity index is 666. The summed E-state index contributed by atoms with van der Waals surface area (Å²) in [6.07, 6.45) is 8.79. The molecule has 0 N–H and O–H groups in total. The van der Waals surface area contributed by atoms with Crippen LogP contribution in [0.1, 0.15) is 28.9 Å². The van der Waals surface area contributed by atoms with E-state index >= 15 is 0 Å². The number of carbonyl (C=O) groups excluding carboxylic acids is 1. The molecule has 2 aromatic heterocycles. The second-order valence-electron chi connectivity index (χ2n) is 5.61. The maximum absolute atomic E-state index is 12.6. The molecule has 1 aliphatic rings. The zero-order valence-electron chi connectivity index (χ0n) is 13.6. The van der Waals surface area contributed by atoms with Crippen molar-refractivity contribution in [2.45, 2.75) is 30.7 Å². The van der Waals surface area contributed by atoms with Crippen LogP contribution in [0.15, 0.2) is 41.9 Å². The number of thioether (sulfide) groups is 1. The Balaban J connectivity index is 1.57. The van der Waals surface area contributed by atoms with E-state index < -0.39 is 0 Å². The molecule has 1 atom stereocenters.